The Morgan fingerprint density at radius 2 is 2.75 bits per heavy atom. The van der Waals surface area contributed by atoms with Gasteiger partial charge in [-0.15, -0.1) is 0 Å². The standard InChI is InChI=1S/C2H5NO/c3-1-2-4/h2H,1,3H2/i2D. The van der Waals surface area contributed by atoms with Gasteiger partial charge in [-0.2, -0.15) is 0 Å². The van der Waals surface area contributed by atoms with E-state index in [1.54, 1.807) is 0 Å². The molecule has 24 valence electrons. The zero-order valence-electron chi connectivity index (χ0n) is 3.19. The smallest absolute Gasteiger partial charge is 0.133 e. The molecule has 0 aromatic rings. The Kier molecular flexibility index (Phi) is 1.25. The molecule has 0 aromatic heterocycles. The van der Waals surface area contributed by atoms with Gasteiger partial charge < -0.3 is 10.5 Å². The lowest BCUT2D eigenvalue weighted by atomic mass is 10.8. The predicted molar refractivity (Wildman–Crippen MR) is 15.1 cm³/mol. The van der Waals surface area contributed by atoms with Crippen molar-refractivity contribution in [2.24, 2.45) is 5.73 Å². The van der Waals surface area contributed by atoms with Crippen molar-refractivity contribution in [1.82, 2.24) is 0 Å². The SMILES string of the molecule is [2H]C(=O)CN. The van der Waals surface area contributed by atoms with Gasteiger partial charge in [0.05, 0.1) is 0 Å². The van der Waals surface area contributed by atoms with Gasteiger partial charge in [0, 0.05) is 6.54 Å². The van der Waals surface area contributed by atoms with Crippen LogP contribution >= 0.6 is 0 Å². The molecule has 0 fully saturated rings. The second-order valence-electron chi connectivity index (χ2n) is 0.348. The molecule has 0 saturated carbocycles. The van der Waals surface area contributed by atoms with Crippen molar-refractivity contribution in [3.8, 4) is 0 Å². The molecular formula is C2H5NO. The van der Waals surface area contributed by atoms with Crippen LogP contribution in [0.2, 0.25) is 0 Å². The fraction of sp³-hybridized carbons (Fsp3) is 0.500. The van der Waals surface area contributed by atoms with Crippen LogP contribution in [0.4, 0.5) is 0 Å². The van der Waals surface area contributed by atoms with E-state index in [1.165, 1.54) is 0 Å². The topological polar surface area (TPSA) is 43.1 Å². The summed E-state index contributed by atoms with van der Waals surface area (Å²) >= 11 is 0. The lowest BCUT2D eigenvalue weighted by Crippen LogP contribution is -1.97. The summed E-state index contributed by atoms with van der Waals surface area (Å²) in [6, 6.07) is 0. The summed E-state index contributed by atoms with van der Waals surface area (Å²) in [4.78, 5) is 9.35. The lowest BCUT2D eigenvalue weighted by Gasteiger charge is -1.55. The van der Waals surface area contributed by atoms with Crippen LogP contribution in [0, 0.1) is 0 Å². The Morgan fingerprint density at radius 1 is 2.50 bits per heavy atom. The first-order valence-electron chi connectivity index (χ1n) is 1.47. The molecule has 0 bridgehead atoms. The summed E-state index contributed by atoms with van der Waals surface area (Å²) in [5.41, 5.74) is 4.63. The number of nitrogens with two attached hydrogens (primary N) is 1. The number of aldehydes is 1. The monoisotopic (exact) mass is 60.0 g/mol. The zero-order chi connectivity index (χ0) is 4.28. The largest absolute Gasteiger partial charge is 0.324 e. The van der Waals surface area contributed by atoms with Crippen LogP contribution in [-0.4, -0.2) is 12.8 Å². The highest BCUT2D eigenvalue weighted by molar-refractivity contribution is 5.51. The molecule has 0 aliphatic rings. The Hall–Kier alpha value is -0.370. The van der Waals surface area contributed by atoms with Crippen LogP contribution in [0.3, 0.4) is 0 Å². The van der Waals surface area contributed by atoms with Crippen molar-refractivity contribution < 1.29 is 6.17 Å². The fourth-order valence-corrected chi connectivity index (χ4v) is 0. The van der Waals surface area contributed by atoms with Gasteiger partial charge in [-0.3, -0.25) is 0 Å². The number of rotatable bonds is 1. The average molecular weight is 60.1 g/mol. The summed E-state index contributed by atoms with van der Waals surface area (Å²) in [5, 5.41) is 0. The Balaban J connectivity index is 2.85. The van der Waals surface area contributed by atoms with Crippen molar-refractivity contribution >= 4 is 6.26 Å². The Morgan fingerprint density at radius 3 is 2.75 bits per heavy atom. The maximum atomic E-state index is 9.35. The normalized spacial score (nSPS) is 9.75. The third-order valence-electron chi connectivity index (χ3n) is 0.0833. The van der Waals surface area contributed by atoms with Gasteiger partial charge in [0.1, 0.15) is 7.63 Å². The molecular weight excluding hydrogens is 54.0 g/mol. The molecule has 0 saturated heterocycles. The molecule has 0 radical (unpaired) electrons. The lowest BCUT2D eigenvalue weighted by molar-refractivity contribution is -0.106. The van der Waals surface area contributed by atoms with Crippen LogP contribution in [0.1, 0.15) is 1.37 Å². The summed E-state index contributed by atoms with van der Waals surface area (Å²) in [6.45, 7) is -0.167. The van der Waals surface area contributed by atoms with Crippen LogP contribution < -0.4 is 5.73 Å². The van der Waals surface area contributed by atoms with Crippen molar-refractivity contribution in [2.45, 2.75) is 0 Å². The van der Waals surface area contributed by atoms with Gasteiger partial charge in [-0.25, -0.2) is 0 Å². The van der Waals surface area contributed by atoms with Crippen LogP contribution in [0.25, 0.3) is 0 Å². The minimum atomic E-state index is -0.718. The van der Waals surface area contributed by atoms with Gasteiger partial charge in [0.25, 0.3) is 0 Å². The maximum absolute atomic E-state index is 9.35. The van der Waals surface area contributed by atoms with Crippen LogP contribution in [-0.2, 0) is 4.79 Å². The van der Waals surface area contributed by atoms with Gasteiger partial charge >= 0.3 is 0 Å². The Bertz CT molecular complexity index is 44.9. The fourth-order valence-electron chi connectivity index (χ4n) is 0. The van der Waals surface area contributed by atoms with Crippen molar-refractivity contribution in [1.29, 1.82) is 0 Å². The highest BCUT2D eigenvalue weighted by Gasteiger charge is 1.51. The van der Waals surface area contributed by atoms with Gasteiger partial charge in [-0.05, 0) is 0 Å². The summed E-state index contributed by atoms with van der Waals surface area (Å²) < 4.78 is 6.06. The van der Waals surface area contributed by atoms with E-state index in [4.69, 9.17) is 1.37 Å². The van der Waals surface area contributed by atoms with Gasteiger partial charge in [0.15, 0.2) is 0 Å². The molecule has 0 rings (SSSR count). The van der Waals surface area contributed by atoms with Crippen molar-refractivity contribution in [3.63, 3.8) is 0 Å². The van der Waals surface area contributed by atoms with E-state index >= 15 is 0 Å². The first-order valence-corrected chi connectivity index (χ1v) is 0.966. The molecule has 0 aliphatic heterocycles. The zero-order valence-corrected chi connectivity index (χ0v) is 2.19. The third-order valence-corrected chi connectivity index (χ3v) is 0.0833. The van der Waals surface area contributed by atoms with E-state index in [0.717, 1.165) is 0 Å². The van der Waals surface area contributed by atoms with E-state index in [9.17, 15) is 4.79 Å². The quantitative estimate of drug-likeness (QED) is 0.400. The first kappa shape index (κ1) is 1.91. The van der Waals surface area contributed by atoms with E-state index < -0.39 is 6.26 Å². The maximum Gasteiger partial charge on any atom is 0.133 e. The molecule has 0 amide bonds. The van der Waals surface area contributed by atoms with E-state index in [1.807, 2.05) is 0 Å². The van der Waals surface area contributed by atoms with E-state index in [-0.39, 0.29) is 6.54 Å². The van der Waals surface area contributed by atoms with Crippen LogP contribution in [0.5, 0.6) is 0 Å². The molecule has 0 aromatic carbocycles. The average Bonchev–Trinajstić information content (AvgIpc) is 1.38. The van der Waals surface area contributed by atoms with Gasteiger partial charge in [0.2, 0.25) is 0 Å². The highest BCUT2D eigenvalue weighted by Crippen LogP contribution is 1.18. The molecule has 0 spiro atoms. The summed E-state index contributed by atoms with van der Waals surface area (Å²) in [5.74, 6) is 0. The summed E-state index contributed by atoms with van der Waals surface area (Å²) in [6.07, 6.45) is -0.718. The van der Waals surface area contributed by atoms with Crippen molar-refractivity contribution in [3.05, 3.63) is 0 Å². The molecule has 0 atom stereocenters. The third kappa shape index (κ3) is 1.63. The Labute approximate surface area is 26.0 Å². The number of hydrogen-bond donors (Lipinski definition) is 1. The minimum Gasteiger partial charge on any atom is -0.324 e. The molecule has 0 aliphatic carbocycles. The number of carbonyl (C=O) groups excluding carboxylic acids is 1. The number of carbonyl (C=O) groups is 1. The first-order chi connectivity index (χ1) is 2.27. The molecule has 4 heavy (non-hydrogen) atoms. The van der Waals surface area contributed by atoms with Crippen LogP contribution in [0.15, 0.2) is 0 Å². The number of hydrogen-bond acceptors (Lipinski definition) is 2. The predicted octanol–water partition coefficient (Wildman–Crippen LogP) is -0.856. The second-order valence-corrected chi connectivity index (χ2v) is 0.348. The highest BCUT2D eigenvalue weighted by atomic mass is 16.1. The van der Waals surface area contributed by atoms with E-state index in [2.05, 4.69) is 5.73 Å². The molecule has 2 N–H and O–H groups in total. The second kappa shape index (κ2) is 2.63. The summed E-state index contributed by atoms with van der Waals surface area (Å²) in [7, 11) is 0. The van der Waals surface area contributed by atoms with Crippen molar-refractivity contribution in [2.75, 3.05) is 6.54 Å². The van der Waals surface area contributed by atoms with Gasteiger partial charge in [-0.1, -0.05) is 0 Å². The molecule has 2 heteroatoms. The molecule has 0 unspecified atom stereocenters. The minimum absolute atomic E-state index is 0.167. The van der Waals surface area contributed by atoms with E-state index in [0.29, 0.717) is 0 Å². The molecule has 0 heterocycles. The molecule has 2 nitrogen and oxygen atoms in total.